The van der Waals surface area contributed by atoms with Gasteiger partial charge in [0, 0.05) is 18.0 Å². The van der Waals surface area contributed by atoms with Crippen molar-refractivity contribution < 1.29 is 19.4 Å². The van der Waals surface area contributed by atoms with Gasteiger partial charge in [0.2, 0.25) is 5.91 Å². The average Bonchev–Trinajstić information content (AvgIpc) is 3.36. The normalized spacial score (nSPS) is 16.1. The lowest BCUT2D eigenvalue weighted by Crippen LogP contribution is -2.47. The molecule has 6 nitrogen and oxygen atoms in total. The summed E-state index contributed by atoms with van der Waals surface area (Å²) >= 11 is 1.74. The van der Waals surface area contributed by atoms with Gasteiger partial charge in [0.1, 0.15) is 6.61 Å². The molecule has 0 unspecified atom stereocenters. The fourth-order valence-corrected chi connectivity index (χ4v) is 5.55. The number of likely N-dealkylation sites (N-methyl/N-ethyl adjacent to an activating group) is 1. The molecule has 0 saturated heterocycles. The van der Waals surface area contributed by atoms with Gasteiger partial charge in [-0.1, -0.05) is 49.4 Å². The molecule has 1 aliphatic rings. The monoisotopic (exact) mass is 494 g/mol. The number of methoxy groups -OCH3 is 1. The number of carbonyl (C=O) groups is 1. The van der Waals surface area contributed by atoms with Gasteiger partial charge in [-0.3, -0.25) is 9.69 Å². The Kier molecular flexibility index (Phi) is 8.79. The smallest absolute Gasteiger partial charge is 0.237 e. The number of ether oxygens (including phenoxy) is 2. The van der Waals surface area contributed by atoms with E-state index in [0.717, 1.165) is 17.5 Å². The topological polar surface area (TPSA) is 62.2 Å². The zero-order valence-electron chi connectivity index (χ0n) is 20.4. The maximum atomic E-state index is 13.5. The van der Waals surface area contributed by atoms with E-state index in [4.69, 9.17) is 9.47 Å². The van der Waals surface area contributed by atoms with Gasteiger partial charge in [-0.05, 0) is 54.1 Å². The molecular weight excluding hydrogens is 460 g/mol. The number of aliphatic hydroxyl groups is 1. The number of aliphatic hydroxyl groups excluding tert-OH is 1. The van der Waals surface area contributed by atoms with Crippen LogP contribution >= 0.6 is 11.3 Å². The molecule has 2 heterocycles. The number of carbonyl (C=O) groups excluding carboxylic acids is 1. The number of hydrogen-bond donors (Lipinski definition) is 1. The second-order valence-corrected chi connectivity index (χ2v) is 9.79. The molecule has 1 amide bonds. The quantitative estimate of drug-likeness (QED) is 0.433. The van der Waals surface area contributed by atoms with Crippen molar-refractivity contribution in [1.82, 2.24) is 9.80 Å². The third-order valence-electron chi connectivity index (χ3n) is 6.47. The summed E-state index contributed by atoms with van der Waals surface area (Å²) in [7, 11) is 1.63. The summed E-state index contributed by atoms with van der Waals surface area (Å²) in [4.78, 5) is 18.8. The summed E-state index contributed by atoms with van der Waals surface area (Å²) in [5, 5.41) is 12.7. The number of nitrogens with zero attached hydrogens (tertiary/aromatic N) is 2. The molecule has 186 valence electrons. The molecular formula is C28H34N2O4S. The maximum absolute atomic E-state index is 13.5. The van der Waals surface area contributed by atoms with Crippen molar-refractivity contribution in [1.29, 1.82) is 0 Å². The van der Waals surface area contributed by atoms with E-state index >= 15 is 0 Å². The zero-order valence-corrected chi connectivity index (χ0v) is 21.2. The lowest BCUT2D eigenvalue weighted by Gasteiger charge is -2.37. The number of benzene rings is 2. The molecule has 35 heavy (non-hydrogen) atoms. The van der Waals surface area contributed by atoms with E-state index in [0.29, 0.717) is 44.2 Å². The molecule has 7 heteroatoms. The number of thiophene rings is 1. The van der Waals surface area contributed by atoms with E-state index in [-0.39, 0.29) is 18.5 Å². The van der Waals surface area contributed by atoms with Crippen molar-refractivity contribution in [2.24, 2.45) is 0 Å². The van der Waals surface area contributed by atoms with Crippen LogP contribution < -0.4 is 9.47 Å². The predicted molar refractivity (Wildman–Crippen MR) is 139 cm³/mol. The van der Waals surface area contributed by atoms with Crippen molar-refractivity contribution in [3.63, 3.8) is 0 Å². The fraction of sp³-hybridized carbons (Fsp3) is 0.393. The van der Waals surface area contributed by atoms with Gasteiger partial charge in [-0.2, -0.15) is 0 Å². The number of para-hydroxylation sites is 2. The van der Waals surface area contributed by atoms with Crippen LogP contribution in [0.15, 0.2) is 66.0 Å². The molecule has 1 N–H and O–H groups in total. The van der Waals surface area contributed by atoms with E-state index in [1.807, 2.05) is 71.3 Å². The van der Waals surface area contributed by atoms with Crippen LogP contribution in [0.3, 0.4) is 0 Å². The van der Waals surface area contributed by atoms with Crippen LogP contribution in [0, 0.1) is 0 Å². The van der Waals surface area contributed by atoms with E-state index in [1.54, 1.807) is 18.4 Å². The molecule has 4 rings (SSSR count). The largest absolute Gasteiger partial charge is 0.493 e. The molecule has 3 aromatic rings. The second-order valence-electron chi connectivity index (χ2n) is 8.79. The minimum atomic E-state index is -0.528. The molecule has 0 bridgehead atoms. The molecule has 2 aromatic carbocycles. The summed E-state index contributed by atoms with van der Waals surface area (Å²) < 4.78 is 11.6. The van der Waals surface area contributed by atoms with Crippen LogP contribution in [0.1, 0.15) is 29.0 Å². The van der Waals surface area contributed by atoms with Gasteiger partial charge < -0.3 is 19.5 Å². The third-order valence-corrected chi connectivity index (χ3v) is 7.47. The highest BCUT2D eigenvalue weighted by atomic mass is 32.1. The first-order valence-electron chi connectivity index (χ1n) is 12.1. The Morgan fingerprint density at radius 1 is 1.14 bits per heavy atom. The van der Waals surface area contributed by atoms with Gasteiger partial charge in [-0.25, -0.2) is 0 Å². The number of rotatable bonds is 11. The first-order valence-corrected chi connectivity index (χ1v) is 13.0. The van der Waals surface area contributed by atoms with Crippen molar-refractivity contribution in [3.8, 4) is 11.5 Å². The first-order chi connectivity index (χ1) is 17.1. The molecule has 1 aliphatic heterocycles. The Labute approximate surface area is 211 Å². The second kappa shape index (κ2) is 12.2. The van der Waals surface area contributed by atoms with Crippen molar-refractivity contribution in [3.05, 3.63) is 82.0 Å². The van der Waals surface area contributed by atoms with Gasteiger partial charge in [0.05, 0.1) is 25.8 Å². The summed E-state index contributed by atoms with van der Waals surface area (Å²) in [6, 6.07) is 19.5. The van der Waals surface area contributed by atoms with Crippen LogP contribution in [-0.2, 0) is 17.6 Å². The minimum absolute atomic E-state index is 0.0595. The minimum Gasteiger partial charge on any atom is -0.493 e. The van der Waals surface area contributed by atoms with Crippen LogP contribution in [0.5, 0.6) is 11.5 Å². The standard InChI is InChI=1S/C28H34N2O4S/c1-3-29(18-22(31)17-21-9-5-4-6-10-21)19-28(32)30-15-13-27-23(14-16-35-27)24(30)20-34-26-12-8-7-11-25(26)33-2/h4-12,14,16,22,24,31H,3,13,15,17-20H2,1-2H3/t22-,24+/m1/s1. The summed E-state index contributed by atoms with van der Waals surface area (Å²) in [5.74, 6) is 1.41. The Morgan fingerprint density at radius 3 is 2.63 bits per heavy atom. The lowest BCUT2D eigenvalue weighted by atomic mass is 10.0. The number of amides is 1. The van der Waals surface area contributed by atoms with Crippen LogP contribution in [0.25, 0.3) is 0 Å². The predicted octanol–water partition coefficient (Wildman–Crippen LogP) is 4.19. The number of fused-ring (bicyclic) bond motifs is 1. The van der Waals surface area contributed by atoms with Gasteiger partial charge in [0.25, 0.3) is 0 Å². The maximum Gasteiger partial charge on any atom is 0.237 e. The van der Waals surface area contributed by atoms with Crippen LogP contribution in [-0.4, -0.2) is 66.8 Å². The first kappa shape index (κ1) is 25.2. The molecule has 0 spiro atoms. The lowest BCUT2D eigenvalue weighted by molar-refractivity contribution is -0.136. The Morgan fingerprint density at radius 2 is 1.89 bits per heavy atom. The molecule has 1 aromatic heterocycles. The van der Waals surface area contributed by atoms with Crippen molar-refractivity contribution in [2.45, 2.75) is 31.9 Å². The average molecular weight is 495 g/mol. The molecule has 0 fully saturated rings. The fourth-order valence-electron chi connectivity index (χ4n) is 4.62. The van der Waals surface area contributed by atoms with Crippen LogP contribution in [0.4, 0.5) is 0 Å². The van der Waals surface area contributed by atoms with Gasteiger partial charge in [0.15, 0.2) is 11.5 Å². The van der Waals surface area contributed by atoms with Gasteiger partial charge in [-0.15, -0.1) is 11.3 Å². The Balaban J connectivity index is 1.42. The molecule has 0 radical (unpaired) electrons. The Bertz CT molecular complexity index is 1090. The summed E-state index contributed by atoms with van der Waals surface area (Å²) in [5.41, 5.74) is 2.26. The van der Waals surface area contributed by atoms with Crippen molar-refractivity contribution in [2.75, 3.05) is 39.9 Å². The van der Waals surface area contributed by atoms with Crippen molar-refractivity contribution >= 4 is 17.2 Å². The van der Waals surface area contributed by atoms with E-state index in [9.17, 15) is 9.90 Å². The Hall–Kier alpha value is -2.87. The molecule has 0 saturated carbocycles. The van der Waals surface area contributed by atoms with Gasteiger partial charge >= 0.3 is 0 Å². The highest BCUT2D eigenvalue weighted by molar-refractivity contribution is 7.10. The third kappa shape index (κ3) is 6.42. The van der Waals surface area contributed by atoms with E-state index in [1.165, 1.54) is 4.88 Å². The summed E-state index contributed by atoms with van der Waals surface area (Å²) in [6.45, 7) is 4.47. The zero-order chi connectivity index (χ0) is 24.6. The molecule has 2 atom stereocenters. The molecule has 0 aliphatic carbocycles. The van der Waals surface area contributed by atoms with E-state index in [2.05, 4.69) is 11.4 Å². The number of hydrogen-bond acceptors (Lipinski definition) is 6. The summed E-state index contributed by atoms with van der Waals surface area (Å²) in [6.07, 6.45) is 0.898. The highest BCUT2D eigenvalue weighted by Crippen LogP contribution is 2.35. The highest BCUT2D eigenvalue weighted by Gasteiger charge is 2.33. The SMILES string of the molecule is CCN(CC(=O)N1CCc2sccc2[C@@H]1COc1ccccc1OC)C[C@H](O)Cc1ccccc1. The van der Waals surface area contributed by atoms with Crippen LogP contribution in [0.2, 0.25) is 0 Å². The van der Waals surface area contributed by atoms with E-state index < -0.39 is 6.10 Å².